The highest BCUT2D eigenvalue weighted by atomic mass is 32.2. The second kappa shape index (κ2) is 8.19. The molecule has 0 aromatic rings. The minimum atomic E-state index is -3.07. The molecule has 5 nitrogen and oxygen atoms in total. The maximum Gasteiger partial charge on any atom is 0.214 e. The highest BCUT2D eigenvalue weighted by molar-refractivity contribution is 7.89. The molecule has 1 heterocycles. The number of hydrogen-bond acceptors (Lipinski definition) is 4. The SMILES string of the molecule is CCCCCS(=O)(=O)N1CCN(CC(O)CC)CC1. The van der Waals surface area contributed by atoms with E-state index in [4.69, 9.17) is 0 Å². The van der Waals surface area contributed by atoms with Gasteiger partial charge in [-0.2, -0.15) is 4.31 Å². The van der Waals surface area contributed by atoms with E-state index in [2.05, 4.69) is 11.8 Å². The van der Waals surface area contributed by atoms with Crippen LogP contribution in [0.3, 0.4) is 0 Å². The molecular weight excluding hydrogens is 264 g/mol. The van der Waals surface area contributed by atoms with Crippen LogP contribution in [-0.2, 0) is 10.0 Å². The summed E-state index contributed by atoms with van der Waals surface area (Å²) >= 11 is 0. The number of β-amino-alcohol motifs (C(OH)–C–C–N with tert-alkyl or cyclic N) is 1. The Morgan fingerprint density at radius 1 is 1.11 bits per heavy atom. The summed E-state index contributed by atoms with van der Waals surface area (Å²) in [4.78, 5) is 2.15. The summed E-state index contributed by atoms with van der Waals surface area (Å²) in [6.07, 6.45) is 3.22. The van der Waals surface area contributed by atoms with E-state index in [9.17, 15) is 13.5 Å². The number of unbranched alkanes of at least 4 members (excludes halogenated alkanes) is 2. The van der Waals surface area contributed by atoms with Crippen LogP contribution in [0, 0.1) is 0 Å². The fourth-order valence-electron chi connectivity index (χ4n) is 2.28. The van der Waals surface area contributed by atoms with Crippen LogP contribution in [0.4, 0.5) is 0 Å². The van der Waals surface area contributed by atoms with Crippen LogP contribution in [-0.4, -0.2) is 67.3 Å². The topological polar surface area (TPSA) is 60.9 Å². The minimum Gasteiger partial charge on any atom is -0.392 e. The molecule has 1 unspecified atom stereocenters. The molecule has 1 saturated heterocycles. The van der Waals surface area contributed by atoms with Gasteiger partial charge in [-0.15, -0.1) is 0 Å². The lowest BCUT2D eigenvalue weighted by Crippen LogP contribution is -2.50. The third kappa shape index (κ3) is 5.77. The molecule has 0 aromatic carbocycles. The van der Waals surface area contributed by atoms with Crippen LogP contribution in [0.15, 0.2) is 0 Å². The highest BCUT2D eigenvalue weighted by Crippen LogP contribution is 2.11. The van der Waals surface area contributed by atoms with Crippen molar-refractivity contribution in [3.63, 3.8) is 0 Å². The Morgan fingerprint density at radius 2 is 1.74 bits per heavy atom. The maximum absolute atomic E-state index is 12.1. The van der Waals surface area contributed by atoms with Gasteiger partial charge in [0.25, 0.3) is 0 Å². The van der Waals surface area contributed by atoms with Gasteiger partial charge in [-0.1, -0.05) is 26.7 Å². The van der Waals surface area contributed by atoms with Gasteiger partial charge >= 0.3 is 0 Å². The molecule has 6 heteroatoms. The van der Waals surface area contributed by atoms with Crippen LogP contribution in [0.2, 0.25) is 0 Å². The quantitative estimate of drug-likeness (QED) is 0.675. The van der Waals surface area contributed by atoms with Crippen molar-refractivity contribution in [2.24, 2.45) is 0 Å². The molecule has 0 aromatic heterocycles. The van der Waals surface area contributed by atoms with Gasteiger partial charge in [0.05, 0.1) is 11.9 Å². The molecule has 0 bridgehead atoms. The van der Waals surface area contributed by atoms with Gasteiger partial charge < -0.3 is 5.11 Å². The van der Waals surface area contributed by atoms with Crippen molar-refractivity contribution in [3.05, 3.63) is 0 Å². The Labute approximate surface area is 117 Å². The lowest BCUT2D eigenvalue weighted by molar-refractivity contribution is 0.0896. The summed E-state index contributed by atoms with van der Waals surface area (Å²) in [7, 11) is -3.07. The van der Waals surface area contributed by atoms with Crippen LogP contribution in [0.1, 0.15) is 39.5 Å². The van der Waals surface area contributed by atoms with Gasteiger partial charge in [0.1, 0.15) is 0 Å². The first-order valence-corrected chi connectivity index (χ1v) is 8.98. The molecular formula is C13H28N2O3S. The average molecular weight is 292 g/mol. The van der Waals surface area contributed by atoms with E-state index in [0.717, 1.165) is 38.8 Å². The van der Waals surface area contributed by atoms with Gasteiger partial charge in [0.15, 0.2) is 0 Å². The number of sulfonamides is 1. The van der Waals surface area contributed by atoms with E-state index in [1.807, 2.05) is 6.92 Å². The molecule has 1 fully saturated rings. The monoisotopic (exact) mass is 292 g/mol. The molecule has 1 rings (SSSR count). The highest BCUT2D eigenvalue weighted by Gasteiger charge is 2.26. The normalized spacial score (nSPS) is 20.6. The molecule has 1 atom stereocenters. The summed E-state index contributed by atoms with van der Waals surface area (Å²) in [5.74, 6) is 0.276. The minimum absolute atomic E-state index is 0.276. The van der Waals surface area contributed by atoms with E-state index in [1.165, 1.54) is 0 Å². The van der Waals surface area contributed by atoms with Crippen LogP contribution in [0.5, 0.6) is 0 Å². The molecule has 19 heavy (non-hydrogen) atoms. The summed E-state index contributed by atoms with van der Waals surface area (Å²) in [6, 6.07) is 0. The van der Waals surface area contributed by atoms with E-state index < -0.39 is 10.0 Å². The Balaban J connectivity index is 2.36. The molecule has 1 N–H and O–H groups in total. The van der Waals surface area contributed by atoms with E-state index >= 15 is 0 Å². The maximum atomic E-state index is 12.1. The van der Waals surface area contributed by atoms with Crippen molar-refractivity contribution in [2.75, 3.05) is 38.5 Å². The van der Waals surface area contributed by atoms with Crippen molar-refractivity contribution in [1.29, 1.82) is 0 Å². The zero-order valence-electron chi connectivity index (χ0n) is 12.2. The number of aliphatic hydroxyl groups excluding tert-OH is 1. The predicted octanol–water partition coefficient (Wildman–Crippen LogP) is 0.895. The Morgan fingerprint density at radius 3 is 2.26 bits per heavy atom. The molecule has 114 valence electrons. The zero-order valence-corrected chi connectivity index (χ0v) is 13.0. The first kappa shape index (κ1) is 16.9. The second-order valence-electron chi connectivity index (χ2n) is 5.28. The smallest absolute Gasteiger partial charge is 0.214 e. The molecule has 0 radical (unpaired) electrons. The van der Waals surface area contributed by atoms with Crippen molar-refractivity contribution < 1.29 is 13.5 Å². The van der Waals surface area contributed by atoms with Crippen molar-refractivity contribution in [3.8, 4) is 0 Å². The van der Waals surface area contributed by atoms with E-state index in [-0.39, 0.29) is 11.9 Å². The first-order valence-electron chi connectivity index (χ1n) is 7.37. The fraction of sp³-hybridized carbons (Fsp3) is 1.00. The Hall–Kier alpha value is -0.170. The first-order chi connectivity index (χ1) is 8.99. The van der Waals surface area contributed by atoms with Gasteiger partial charge in [0.2, 0.25) is 10.0 Å². The molecule has 0 saturated carbocycles. The summed E-state index contributed by atoms with van der Waals surface area (Å²) in [5, 5.41) is 9.61. The lowest BCUT2D eigenvalue weighted by atomic mass is 10.2. The summed E-state index contributed by atoms with van der Waals surface area (Å²) in [5.41, 5.74) is 0. The number of aliphatic hydroxyl groups is 1. The Kier molecular flexibility index (Phi) is 7.28. The van der Waals surface area contributed by atoms with E-state index in [0.29, 0.717) is 19.6 Å². The number of hydrogen-bond donors (Lipinski definition) is 1. The van der Waals surface area contributed by atoms with Crippen molar-refractivity contribution in [2.45, 2.75) is 45.6 Å². The number of piperazine rings is 1. The average Bonchev–Trinajstić information content (AvgIpc) is 2.39. The third-order valence-corrected chi connectivity index (χ3v) is 5.63. The molecule has 1 aliphatic rings. The second-order valence-corrected chi connectivity index (χ2v) is 7.37. The number of nitrogens with zero attached hydrogens (tertiary/aromatic N) is 2. The lowest BCUT2D eigenvalue weighted by Gasteiger charge is -2.34. The molecule has 1 aliphatic heterocycles. The van der Waals surface area contributed by atoms with Gasteiger partial charge in [0, 0.05) is 32.7 Å². The summed E-state index contributed by atoms with van der Waals surface area (Å²) < 4.78 is 25.8. The number of rotatable bonds is 8. The largest absolute Gasteiger partial charge is 0.392 e. The van der Waals surface area contributed by atoms with Gasteiger partial charge in [-0.25, -0.2) is 8.42 Å². The third-order valence-electron chi connectivity index (χ3n) is 3.67. The fourth-order valence-corrected chi connectivity index (χ4v) is 3.83. The van der Waals surface area contributed by atoms with Crippen LogP contribution in [0.25, 0.3) is 0 Å². The van der Waals surface area contributed by atoms with E-state index in [1.54, 1.807) is 4.31 Å². The summed E-state index contributed by atoms with van der Waals surface area (Å²) in [6.45, 7) is 7.26. The van der Waals surface area contributed by atoms with Gasteiger partial charge in [-0.3, -0.25) is 4.90 Å². The van der Waals surface area contributed by atoms with Crippen molar-refractivity contribution >= 4 is 10.0 Å². The molecule has 0 spiro atoms. The zero-order chi connectivity index (χ0) is 14.3. The van der Waals surface area contributed by atoms with Crippen LogP contribution >= 0.6 is 0 Å². The molecule has 0 aliphatic carbocycles. The van der Waals surface area contributed by atoms with Gasteiger partial charge in [-0.05, 0) is 12.8 Å². The van der Waals surface area contributed by atoms with Crippen LogP contribution < -0.4 is 0 Å². The Bertz CT molecular complexity index is 338. The standard InChI is InChI=1S/C13H28N2O3S/c1-3-5-6-11-19(17,18)15-9-7-14(8-10-15)12-13(16)4-2/h13,16H,3-12H2,1-2H3. The van der Waals surface area contributed by atoms with Crippen molar-refractivity contribution in [1.82, 2.24) is 9.21 Å². The molecule has 0 amide bonds. The predicted molar refractivity (Wildman–Crippen MR) is 77.6 cm³/mol.